The molecule has 10 heteroatoms. The van der Waals surface area contributed by atoms with Crippen molar-refractivity contribution in [2.45, 2.75) is 25.6 Å². The number of nitrogens with zero attached hydrogens (tertiary/aromatic N) is 5. The first kappa shape index (κ1) is 27.8. The zero-order valence-corrected chi connectivity index (χ0v) is 24.1. The van der Waals surface area contributed by atoms with E-state index in [4.69, 9.17) is 4.98 Å². The number of hydrogen-bond acceptors (Lipinski definition) is 4. The third-order valence-corrected chi connectivity index (χ3v) is 8.59. The zero-order chi connectivity index (χ0) is 28.6. The fraction of sp³-hybridized carbons (Fsp3) is 0.355. The van der Waals surface area contributed by atoms with Gasteiger partial charge >= 0.3 is 6.18 Å². The van der Waals surface area contributed by atoms with Gasteiger partial charge in [0.1, 0.15) is 5.82 Å². The summed E-state index contributed by atoms with van der Waals surface area (Å²) in [5.74, 6) is 0.977. The number of aromatic nitrogens is 2. The van der Waals surface area contributed by atoms with Crippen LogP contribution in [0.2, 0.25) is 0 Å². The van der Waals surface area contributed by atoms with Gasteiger partial charge in [-0.2, -0.15) is 13.2 Å². The van der Waals surface area contributed by atoms with Crippen LogP contribution < -0.4 is 4.90 Å². The summed E-state index contributed by atoms with van der Waals surface area (Å²) in [5, 5.41) is 0. The molecule has 3 heterocycles. The second kappa shape index (κ2) is 11.5. The molecule has 0 aliphatic carbocycles. The lowest BCUT2D eigenvalue weighted by Crippen LogP contribution is -2.52. The maximum Gasteiger partial charge on any atom is 0.416 e. The molecule has 0 saturated carbocycles. The fourth-order valence-corrected chi connectivity index (χ4v) is 6.25. The average molecular weight is 627 g/mol. The van der Waals surface area contributed by atoms with Gasteiger partial charge in [-0.05, 0) is 74.0 Å². The number of amides is 1. The Morgan fingerprint density at radius 2 is 1.66 bits per heavy atom. The van der Waals surface area contributed by atoms with Crippen LogP contribution in [-0.4, -0.2) is 64.5 Å². The Kier molecular flexibility index (Phi) is 7.78. The molecule has 4 aromatic rings. The Morgan fingerprint density at radius 3 is 2.41 bits per heavy atom. The highest BCUT2D eigenvalue weighted by atomic mass is 79.9. The Hall–Kier alpha value is -3.37. The van der Waals surface area contributed by atoms with Gasteiger partial charge in [0.15, 0.2) is 0 Å². The van der Waals surface area contributed by atoms with Crippen LogP contribution in [0.1, 0.15) is 24.2 Å². The van der Waals surface area contributed by atoms with Gasteiger partial charge in [0.05, 0.1) is 29.1 Å². The first-order chi connectivity index (χ1) is 19.8. The molecule has 0 spiro atoms. The lowest BCUT2D eigenvalue weighted by Gasteiger charge is -2.39. The highest BCUT2D eigenvalue weighted by Crippen LogP contribution is 2.32. The molecule has 6 rings (SSSR count). The minimum Gasteiger partial charge on any atom is -0.368 e. The van der Waals surface area contributed by atoms with Crippen molar-refractivity contribution in [2.24, 2.45) is 5.92 Å². The highest BCUT2D eigenvalue weighted by molar-refractivity contribution is 9.10. The minimum atomic E-state index is -4.37. The number of carbonyl (C=O) groups excluding carboxylic acids is 1. The highest BCUT2D eigenvalue weighted by Gasteiger charge is 2.33. The van der Waals surface area contributed by atoms with Gasteiger partial charge in [-0.1, -0.05) is 34.1 Å². The van der Waals surface area contributed by atoms with E-state index in [0.717, 1.165) is 52.5 Å². The molecule has 6 nitrogen and oxygen atoms in total. The van der Waals surface area contributed by atoms with Crippen LogP contribution in [0.25, 0.3) is 16.7 Å². The summed E-state index contributed by atoms with van der Waals surface area (Å²) < 4.78 is 42.7. The normalized spacial score (nSPS) is 18.7. The lowest BCUT2D eigenvalue weighted by molar-refractivity contribution is -0.138. The van der Waals surface area contributed by atoms with E-state index in [1.54, 1.807) is 6.07 Å². The molecule has 3 aromatic carbocycles. The van der Waals surface area contributed by atoms with E-state index in [9.17, 15) is 18.0 Å². The van der Waals surface area contributed by atoms with Gasteiger partial charge in [0.2, 0.25) is 5.91 Å². The average Bonchev–Trinajstić information content (AvgIpc) is 3.35. The molecule has 0 N–H and O–H groups in total. The Balaban J connectivity index is 1.12. The third kappa shape index (κ3) is 5.99. The topological polar surface area (TPSA) is 44.6 Å². The second-order valence-electron chi connectivity index (χ2n) is 10.8. The predicted molar refractivity (Wildman–Crippen MR) is 157 cm³/mol. The molecule has 41 heavy (non-hydrogen) atoms. The maximum absolute atomic E-state index is 13.5. The molecular weight excluding hydrogens is 595 g/mol. The number of halogens is 4. The molecule has 1 amide bonds. The molecule has 2 fully saturated rings. The summed E-state index contributed by atoms with van der Waals surface area (Å²) in [4.78, 5) is 24.6. The largest absolute Gasteiger partial charge is 0.416 e. The number of piperidine rings is 1. The van der Waals surface area contributed by atoms with Crippen molar-refractivity contribution < 1.29 is 18.0 Å². The van der Waals surface area contributed by atoms with Crippen LogP contribution in [0.15, 0.2) is 77.3 Å². The van der Waals surface area contributed by atoms with Crippen LogP contribution in [0.5, 0.6) is 0 Å². The summed E-state index contributed by atoms with van der Waals surface area (Å²) in [6.07, 6.45) is -2.60. The van der Waals surface area contributed by atoms with E-state index in [1.807, 2.05) is 40.1 Å². The molecule has 0 unspecified atom stereocenters. The maximum atomic E-state index is 13.5. The van der Waals surface area contributed by atoms with Crippen molar-refractivity contribution in [2.75, 3.05) is 44.2 Å². The molecule has 2 aliphatic rings. The quantitative estimate of drug-likeness (QED) is 0.259. The number of para-hydroxylation sites is 2. The first-order valence-corrected chi connectivity index (χ1v) is 14.7. The smallest absolute Gasteiger partial charge is 0.368 e. The number of anilines is 1. The Morgan fingerprint density at radius 1 is 0.902 bits per heavy atom. The van der Waals surface area contributed by atoms with Crippen molar-refractivity contribution in [1.29, 1.82) is 0 Å². The van der Waals surface area contributed by atoms with Crippen LogP contribution in [-0.2, 0) is 17.5 Å². The molecule has 2 aliphatic heterocycles. The van der Waals surface area contributed by atoms with Gasteiger partial charge in [-0.25, -0.2) is 4.98 Å². The van der Waals surface area contributed by atoms with Crippen molar-refractivity contribution in [3.63, 3.8) is 0 Å². The second-order valence-corrected chi connectivity index (χ2v) is 11.7. The number of carbonyl (C=O) groups is 1. The Labute approximate surface area is 245 Å². The van der Waals surface area contributed by atoms with Crippen molar-refractivity contribution in [3.8, 4) is 5.69 Å². The summed E-state index contributed by atoms with van der Waals surface area (Å²) >= 11 is 3.52. The summed E-state index contributed by atoms with van der Waals surface area (Å²) in [6.45, 7) is 4.24. The number of fused-ring (bicyclic) bond motifs is 1. The van der Waals surface area contributed by atoms with Gasteiger partial charge in [0, 0.05) is 48.6 Å². The summed E-state index contributed by atoms with van der Waals surface area (Å²) in [5.41, 5.74) is 2.93. The van der Waals surface area contributed by atoms with E-state index >= 15 is 0 Å². The van der Waals surface area contributed by atoms with Crippen LogP contribution in [0.4, 0.5) is 18.9 Å². The number of alkyl halides is 3. The van der Waals surface area contributed by atoms with E-state index in [0.29, 0.717) is 45.0 Å². The van der Waals surface area contributed by atoms with Gasteiger partial charge in [0.25, 0.3) is 0 Å². The third-order valence-electron chi connectivity index (χ3n) is 8.06. The van der Waals surface area contributed by atoms with E-state index < -0.39 is 11.7 Å². The van der Waals surface area contributed by atoms with Crippen LogP contribution in [0.3, 0.4) is 0 Å². The van der Waals surface area contributed by atoms with E-state index in [1.165, 1.54) is 12.1 Å². The number of hydrogen-bond donors (Lipinski definition) is 0. The minimum absolute atomic E-state index is 0.102. The molecule has 1 atom stereocenters. The number of rotatable bonds is 5. The molecule has 1 aromatic heterocycles. The first-order valence-electron chi connectivity index (χ1n) is 13.9. The Bertz CT molecular complexity index is 1530. The van der Waals surface area contributed by atoms with Gasteiger partial charge in [-0.3, -0.25) is 14.3 Å². The SMILES string of the molecule is O=C([C@H]1CCCN(Cc2nc3ccccc3n2-c2ccc(Br)cc2)C1)N1CCN(c2cccc(C(F)(F)F)c2)CC1. The van der Waals surface area contributed by atoms with Gasteiger partial charge in [-0.15, -0.1) is 0 Å². The van der Waals surface area contributed by atoms with Crippen LogP contribution >= 0.6 is 15.9 Å². The van der Waals surface area contributed by atoms with Crippen molar-refractivity contribution >= 4 is 38.6 Å². The summed E-state index contributed by atoms with van der Waals surface area (Å²) in [6, 6.07) is 21.7. The molecule has 0 bridgehead atoms. The van der Waals surface area contributed by atoms with Crippen LogP contribution in [0, 0.1) is 5.92 Å². The standard InChI is InChI=1S/C31H31BrF3N5O/c32-24-10-12-25(13-11-24)40-28-9-2-1-8-27(28)36-29(40)21-37-14-4-5-22(20-37)30(41)39-17-15-38(16-18-39)26-7-3-6-23(19-26)31(33,34)35/h1-3,6-13,19,22H,4-5,14-18,20-21H2/t22-/m0/s1. The number of imidazole rings is 1. The lowest BCUT2D eigenvalue weighted by atomic mass is 9.96. The molecular formula is C31H31BrF3N5O. The van der Waals surface area contributed by atoms with Crippen molar-refractivity contribution in [1.82, 2.24) is 19.4 Å². The molecule has 2 saturated heterocycles. The van der Waals surface area contributed by atoms with E-state index in [-0.39, 0.29) is 11.8 Å². The van der Waals surface area contributed by atoms with E-state index in [2.05, 4.69) is 43.6 Å². The van der Waals surface area contributed by atoms with Crippen molar-refractivity contribution in [3.05, 3.63) is 88.7 Å². The number of benzene rings is 3. The number of piperazine rings is 1. The fourth-order valence-electron chi connectivity index (χ4n) is 5.98. The molecule has 214 valence electrons. The number of likely N-dealkylation sites (tertiary alicyclic amines) is 1. The molecule has 0 radical (unpaired) electrons. The van der Waals surface area contributed by atoms with Gasteiger partial charge < -0.3 is 9.80 Å². The summed E-state index contributed by atoms with van der Waals surface area (Å²) in [7, 11) is 0. The zero-order valence-electron chi connectivity index (χ0n) is 22.5. The predicted octanol–water partition coefficient (Wildman–Crippen LogP) is 6.37. The monoisotopic (exact) mass is 625 g/mol.